The van der Waals surface area contributed by atoms with Crippen LogP contribution in [0.3, 0.4) is 0 Å². The Labute approximate surface area is 158 Å². The van der Waals surface area contributed by atoms with Crippen molar-refractivity contribution in [3.63, 3.8) is 0 Å². The minimum atomic E-state index is -0.102. The molecule has 0 radical (unpaired) electrons. The van der Waals surface area contributed by atoms with Gasteiger partial charge in [0.25, 0.3) is 5.91 Å². The Bertz CT molecular complexity index is 878. The van der Waals surface area contributed by atoms with E-state index >= 15 is 0 Å². The molecule has 0 unspecified atom stereocenters. The highest BCUT2D eigenvalue weighted by Crippen LogP contribution is 2.27. The maximum atomic E-state index is 13.2. The molecule has 0 fully saturated rings. The summed E-state index contributed by atoms with van der Waals surface area (Å²) in [6, 6.07) is 13.2. The number of ether oxygens (including phenoxy) is 1. The zero-order chi connectivity index (χ0) is 19.2. The fourth-order valence-electron chi connectivity index (χ4n) is 3.12. The van der Waals surface area contributed by atoms with E-state index in [0.717, 1.165) is 17.7 Å². The molecule has 0 N–H and O–H groups in total. The zero-order valence-electron chi connectivity index (χ0n) is 15.7. The van der Waals surface area contributed by atoms with Gasteiger partial charge in [-0.05, 0) is 43.2 Å². The van der Waals surface area contributed by atoms with Gasteiger partial charge in [-0.15, -0.1) is 10.2 Å². The molecule has 0 saturated heterocycles. The van der Waals surface area contributed by atoms with Gasteiger partial charge in [0, 0.05) is 6.54 Å². The second-order valence-corrected chi connectivity index (χ2v) is 6.04. The predicted molar refractivity (Wildman–Crippen MR) is 102 cm³/mol. The molecule has 0 bridgehead atoms. The van der Waals surface area contributed by atoms with Crippen molar-refractivity contribution in [3.05, 3.63) is 66.4 Å². The fourth-order valence-corrected chi connectivity index (χ4v) is 3.12. The molecular weight excluding hydrogens is 342 g/mol. The van der Waals surface area contributed by atoms with Crippen LogP contribution in [0.2, 0.25) is 0 Å². The fraction of sp³-hybridized carbons (Fsp3) is 0.300. The molecule has 2 aromatic heterocycles. The van der Waals surface area contributed by atoms with Crippen LogP contribution < -0.4 is 4.74 Å². The van der Waals surface area contributed by atoms with Crippen LogP contribution in [0.15, 0.2) is 55.1 Å². The summed E-state index contributed by atoms with van der Waals surface area (Å²) >= 11 is 0. The van der Waals surface area contributed by atoms with Crippen LogP contribution in [0.1, 0.15) is 42.4 Å². The maximum Gasteiger partial charge on any atom is 0.273 e. The highest BCUT2D eigenvalue weighted by Gasteiger charge is 2.24. The first kappa shape index (κ1) is 18.6. The van der Waals surface area contributed by atoms with Crippen LogP contribution in [-0.2, 0) is 0 Å². The number of rotatable bonds is 7. The van der Waals surface area contributed by atoms with Crippen LogP contribution in [0.25, 0.3) is 5.82 Å². The zero-order valence-corrected chi connectivity index (χ0v) is 15.7. The molecule has 0 aliphatic carbocycles. The lowest BCUT2D eigenvalue weighted by molar-refractivity contribution is 0.0676. The van der Waals surface area contributed by atoms with Crippen molar-refractivity contribution >= 4 is 5.91 Å². The minimum absolute atomic E-state index is 0.0335. The van der Waals surface area contributed by atoms with E-state index in [9.17, 15) is 4.79 Å². The van der Waals surface area contributed by atoms with Gasteiger partial charge < -0.3 is 9.64 Å². The molecule has 1 atom stereocenters. The number of benzene rings is 1. The van der Waals surface area contributed by atoms with Gasteiger partial charge >= 0.3 is 0 Å². The molecule has 0 aliphatic rings. The highest BCUT2D eigenvalue weighted by atomic mass is 16.5. The Kier molecular flexibility index (Phi) is 5.80. The van der Waals surface area contributed by atoms with Crippen LogP contribution in [0.5, 0.6) is 5.75 Å². The van der Waals surface area contributed by atoms with Crippen molar-refractivity contribution < 1.29 is 9.53 Å². The molecule has 0 saturated carbocycles. The van der Waals surface area contributed by atoms with E-state index in [0.29, 0.717) is 18.1 Å². The number of nitrogens with zero attached hydrogens (tertiary/aromatic N) is 5. The molecule has 1 amide bonds. The normalized spacial score (nSPS) is 11.8. The largest absolute Gasteiger partial charge is 0.497 e. The number of pyridine rings is 1. The summed E-state index contributed by atoms with van der Waals surface area (Å²) in [6.45, 7) is 4.64. The van der Waals surface area contributed by atoms with E-state index in [2.05, 4.69) is 22.1 Å². The summed E-state index contributed by atoms with van der Waals surface area (Å²) in [5.74, 6) is 1.31. The molecule has 2 heterocycles. The number of amides is 1. The van der Waals surface area contributed by atoms with Crippen LogP contribution in [0, 0.1) is 0 Å². The predicted octanol–water partition coefficient (Wildman–Crippen LogP) is 3.28. The van der Waals surface area contributed by atoms with E-state index in [1.165, 1.54) is 0 Å². The van der Waals surface area contributed by atoms with E-state index < -0.39 is 0 Å². The lowest BCUT2D eigenvalue weighted by Gasteiger charge is -2.30. The number of methoxy groups -OCH3 is 1. The summed E-state index contributed by atoms with van der Waals surface area (Å²) in [5, 5.41) is 7.57. The van der Waals surface area contributed by atoms with Gasteiger partial charge in [0.1, 0.15) is 29.9 Å². The number of hydrogen-bond acceptors (Lipinski definition) is 5. The summed E-state index contributed by atoms with van der Waals surface area (Å²) < 4.78 is 6.91. The van der Waals surface area contributed by atoms with Gasteiger partial charge in [0.05, 0.1) is 13.2 Å². The number of hydrogen-bond donors (Lipinski definition) is 0. The average Bonchev–Trinajstić information content (AvgIpc) is 3.26. The summed E-state index contributed by atoms with van der Waals surface area (Å²) in [7, 11) is 1.64. The monoisotopic (exact) mass is 365 g/mol. The first-order valence-corrected chi connectivity index (χ1v) is 8.94. The van der Waals surface area contributed by atoms with Crippen LogP contribution in [-0.4, -0.2) is 44.2 Å². The quantitative estimate of drug-likeness (QED) is 0.642. The van der Waals surface area contributed by atoms with Gasteiger partial charge in [-0.2, -0.15) is 0 Å². The van der Waals surface area contributed by atoms with Gasteiger partial charge in [-0.25, -0.2) is 4.98 Å². The summed E-state index contributed by atoms with van der Waals surface area (Å²) in [4.78, 5) is 19.5. The summed E-state index contributed by atoms with van der Waals surface area (Å²) in [5.41, 5.74) is 1.47. The summed E-state index contributed by atoms with van der Waals surface area (Å²) in [6.07, 6.45) is 3.91. The molecule has 140 valence electrons. The Morgan fingerprint density at radius 3 is 2.41 bits per heavy atom. The van der Waals surface area contributed by atoms with Crippen molar-refractivity contribution in [2.75, 3.05) is 13.7 Å². The second-order valence-electron chi connectivity index (χ2n) is 6.04. The first-order valence-electron chi connectivity index (χ1n) is 8.94. The Hall–Kier alpha value is -3.22. The highest BCUT2D eigenvalue weighted by molar-refractivity contribution is 5.92. The van der Waals surface area contributed by atoms with Crippen molar-refractivity contribution in [3.8, 4) is 11.6 Å². The van der Waals surface area contributed by atoms with E-state index in [1.807, 2.05) is 48.2 Å². The lowest BCUT2D eigenvalue weighted by Crippen LogP contribution is -2.35. The van der Waals surface area contributed by atoms with Gasteiger partial charge in [0.2, 0.25) is 0 Å². The molecule has 3 rings (SSSR count). The minimum Gasteiger partial charge on any atom is -0.497 e. The van der Waals surface area contributed by atoms with Crippen molar-refractivity contribution in [1.29, 1.82) is 0 Å². The van der Waals surface area contributed by atoms with Gasteiger partial charge in [0.15, 0.2) is 0 Å². The molecule has 7 heteroatoms. The standard InChI is InChI=1S/C20H23N5O2/c1-4-18(15-9-11-16(27-3)12-10-15)25(5-2)20(26)17-7-6-8-19(23-17)24-13-21-22-14-24/h6-14,18H,4-5H2,1-3H3/t18-/m1/s1. The van der Waals surface area contributed by atoms with Crippen LogP contribution in [0.4, 0.5) is 0 Å². The molecule has 1 aromatic carbocycles. The third-order valence-electron chi connectivity index (χ3n) is 4.50. The molecule has 3 aromatic rings. The maximum absolute atomic E-state index is 13.2. The smallest absolute Gasteiger partial charge is 0.273 e. The number of aromatic nitrogens is 4. The Morgan fingerprint density at radius 2 is 1.81 bits per heavy atom. The molecule has 27 heavy (non-hydrogen) atoms. The van der Waals surface area contributed by atoms with E-state index in [1.54, 1.807) is 30.4 Å². The molecule has 0 aliphatic heterocycles. The molecule has 7 nitrogen and oxygen atoms in total. The van der Waals surface area contributed by atoms with Crippen LogP contribution >= 0.6 is 0 Å². The molecular formula is C20H23N5O2. The Morgan fingerprint density at radius 1 is 1.11 bits per heavy atom. The first-order chi connectivity index (χ1) is 13.2. The lowest BCUT2D eigenvalue weighted by atomic mass is 10.0. The van der Waals surface area contributed by atoms with Gasteiger partial charge in [-0.1, -0.05) is 25.1 Å². The topological polar surface area (TPSA) is 73.1 Å². The number of carbonyl (C=O) groups excluding carboxylic acids is 1. The van der Waals surface area contributed by atoms with E-state index in [4.69, 9.17) is 4.74 Å². The third-order valence-corrected chi connectivity index (χ3v) is 4.50. The van der Waals surface area contributed by atoms with Crippen molar-refractivity contribution in [1.82, 2.24) is 24.6 Å². The van der Waals surface area contributed by atoms with Gasteiger partial charge in [-0.3, -0.25) is 9.36 Å². The SMILES string of the molecule is CC[C@H](c1ccc(OC)cc1)N(CC)C(=O)c1cccc(-n2cnnc2)n1. The molecule has 0 spiro atoms. The number of carbonyl (C=O) groups is 1. The third kappa shape index (κ3) is 3.97. The van der Waals surface area contributed by atoms with Crippen molar-refractivity contribution in [2.24, 2.45) is 0 Å². The second kappa shape index (κ2) is 8.44. The Balaban J connectivity index is 1.89. The van der Waals surface area contributed by atoms with Crippen molar-refractivity contribution in [2.45, 2.75) is 26.3 Å². The van der Waals surface area contributed by atoms with E-state index in [-0.39, 0.29) is 11.9 Å². The average molecular weight is 365 g/mol.